The number of rotatable bonds is 1. The van der Waals surface area contributed by atoms with Gasteiger partial charge in [0.15, 0.2) is 0 Å². The summed E-state index contributed by atoms with van der Waals surface area (Å²) >= 11 is 0. The van der Waals surface area contributed by atoms with Crippen molar-refractivity contribution in [1.29, 1.82) is 0 Å². The van der Waals surface area contributed by atoms with Crippen LogP contribution in [0.3, 0.4) is 0 Å². The molecule has 0 aromatic heterocycles. The molecule has 1 saturated heterocycles. The van der Waals surface area contributed by atoms with Crippen LogP contribution in [0.5, 0.6) is 0 Å². The molecule has 0 bridgehead atoms. The van der Waals surface area contributed by atoms with Crippen LogP contribution in [-0.4, -0.2) is 19.1 Å². The van der Waals surface area contributed by atoms with Crippen molar-refractivity contribution in [2.45, 2.75) is 46.6 Å². The minimum atomic E-state index is 0.410. The van der Waals surface area contributed by atoms with Crippen molar-refractivity contribution in [3.05, 3.63) is 0 Å². The van der Waals surface area contributed by atoms with Crippen molar-refractivity contribution in [3.63, 3.8) is 0 Å². The van der Waals surface area contributed by atoms with Crippen LogP contribution in [-0.2, 0) is 0 Å². The molecule has 13 heavy (non-hydrogen) atoms. The summed E-state index contributed by atoms with van der Waals surface area (Å²) in [5.41, 5.74) is 6.56. The Morgan fingerprint density at radius 2 is 1.85 bits per heavy atom. The lowest BCUT2D eigenvalue weighted by Gasteiger charge is -2.31. The molecule has 0 radical (unpaired) electrons. The molecule has 1 aliphatic rings. The molecule has 2 nitrogen and oxygen atoms in total. The van der Waals surface area contributed by atoms with Crippen LogP contribution in [0.15, 0.2) is 0 Å². The molecular formula is C11H24N2. The fourth-order valence-electron chi connectivity index (χ4n) is 2.76. The van der Waals surface area contributed by atoms with Crippen molar-refractivity contribution in [2.75, 3.05) is 13.1 Å². The monoisotopic (exact) mass is 184 g/mol. The van der Waals surface area contributed by atoms with E-state index in [2.05, 4.69) is 33.0 Å². The molecule has 1 atom stereocenters. The van der Waals surface area contributed by atoms with E-state index in [1.807, 2.05) is 0 Å². The van der Waals surface area contributed by atoms with Gasteiger partial charge in [0.2, 0.25) is 0 Å². The van der Waals surface area contributed by atoms with Gasteiger partial charge in [-0.15, -0.1) is 0 Å². The zero-order valence-electron chi connectivity index (χ0n) is 9.48. The van der Waals surface area contributed by atoms with Gasteiger partial charge < -0.3 is 11.1 Å². The molecule has 1 aliphatic heterocycles. The fraction of sp³-hybridized carbons (Fsp3) is 1.00. The predicted octanol–water partition coefficient (Wildman–Crippen LogP) is 1.75. The third kappa shape index (κ3) is 3.28. The largest absolute Gasteiger partial charge is 0.329 e. The first-order valence-corrected chi connectivity index (χ1v) is 5.28. The lowest BCUT2D eigenvalue weighted by molar-refractivity contribution is 0.209. The Balaban J connectivity index is 2.69. The van der Waals surface area contributed by atoms with Gasteiger partial charge >= 0.3 is 0 Å². The Morgan fingerprint density at radius 1 is 1.23 bits per heavy atom. The normalized spacial score (nSPS) is 32.5. The Hall–Kier alpha value is -0.0800. The maximum atomic E-state index is 5.72. The maximum Gasteiger partial charge on any atom is 0.0195 e. The van der Waals surface area contributed by atoms with E-state index < -0.39 is 0 Å². The smallest absolute Gasteiger partial charge is 0.0195 e. The summed E-state index contributed by atoms with van der Waals surface area (Å²) in [4.78, 5) is 0. The molecule has 0 spiro atoms. The molecule has 78 valence electrons. The lowest BCUT2D eigenvalue weighted by Crippen LogP contribution is -2.39. The van der Waals surface area contributed by atoms with Gasteiger partial charge in [0.05, 0.1) is 0 Å². The Kier molecular flexibility index (Phi) is 3.03. The van der Waals surface area contributed by atoms with Crippen LogP contribution < -0.4 is 11.1 Å². The molecule has 0 aromatic carbocycles. The molecule has 1 fully saturated rings. The van der Waals surface area contributed by atoms with Crippen LogP contribution in [0.25, 0.3) is 0 Å². The first-order valence-electron chi connectivity index (χ1n) is 5.28. The molecule has 0 aromatic rings. The Morgan fingerprint density at radius 3 is 2.38 bits per heavy atom. The Labute approximate surface area is 82.3 Å². The highest BCUT2D eigenvalue weighted by atomic mass is 15.0. The van der Waals surface area contributed by atoms with Crippen LogP contribution in [0.2, 0.25) is 0 Å². The van der Waals surface area contributed by atoms with Crippen LogP contribution in [0.4, 0.5) is 0 Å². The summed E-state index contributed by atoms with van der Waals surface area (Å²) in [7, 11) is 0. The van der Waals surface area contributed by atoms with E-state index in [-0.39, 0.29) is 0 Å². The average Bonchev–Trinajstić information content (AvgIpc) is 2.04. The fourth-order valence-corrected chi connectivity index (χ4v) is 2.76. The summed E-state index contributed by atoms with van der Waals surface area (Å²) in [6, 6.07) is 0.511. The second-order valence-electron chi connectivity index (χ2n) is 6.02. The zero-order valence-corrected chi connectivity index (χ0v) is 9.48. The summed E-state index contributed by atoms with van der Waals surface area (Å²) in [6.45, 7) is 11.2. The number of hydrogen-bond donors (Lipinski definition) is 2. The van der Waals surface area contributed by atoms with Crippen LogP contribution in [0, 0.1) is 10.8 Å². The van der Waals surface area contributed by atoms with E-state index in [0.29, 0.717) is 16.9 Å². The molecule has 0 unspecified atom stereocenters. The lowest BCUT2D eigenvalue weighted by atomic mass is 9.74. The highest BCUT2D eigenvalue weighted by molar-refractivity contribution is 4.89. The third-order valence-electron chi connectivity index (χ3n) is 2.91. The first-order chi connectivity index (χ1) is 5.85. The summed E-state index contributed by atoms with van der Waals surface area (Å²) < 4.78 is 0. The van der Waals surface area contributed by atoms with Crippen molar-refractivity contribution in [3.8, 4) is 0 Å². The van der Waals surface area contributed by atoms with E-state index in [1.54, 1.807) is 0 Å². The molecule has 2 heteroatoms. The van der Waals surface area contributed by atoms with Gasteiger partial charge in [0, 0.05) is 19.1 Å². The first kappa shape index (κ1) is 11.0. The van der Waals surface area contributed by atoms with Gasteiger partial charge in [0.1, 0.15) is 0 Å². The van der Waals surface area contributed by atoms with Crippen LogP contribution >= 0.6 is 0 Å². The molecule has 0 amide bonds. The molecule has 3 N–H and O–H groups in total. The van der Waals surface area contributed by atoms with E-state index in [0.717, 1.165) is 13.1 Å². The number of hydrogen-bond acceptors (Lipinski definition) is 2. The van der Waals surface area contributed by atoms with E-state index in [1.165, 1.54) is 12.8 Å². The maximum absolute atomic E-state index is 5.72. The second kappa shape index (κ2) is 3.58. The quantitative estimate of drug-likeness (QED) is 0.651. The van der Waals surface area contributed by atoms with Crippen LogP contribution in [0.1, 0.15) is 40.5 Å². The van der Waals surface area contributed by atoms with Crippen molar-refractivity contribution in [2.24, 2.45) is 16.6 Å². The predicted molar refractivity (Wildman–Crippen MR) is 57.6 cm³/mol. The minimum absolute atomic E-state index is 0.410. The van der Waals surface area contributed by atoms with E-state index >= 15 is 0 Å². The van der Waals surface area contributed by atoms with Gasteiger partial charge in [-0.2, -0.15) is 0 Å². The summed E-state index contributed by atoms with van der Waals surface area (Å²) in [6.07, 6.45) is 2.48. The molecule has 1 heterocycles. The van der Waals surface area contributed by atoms with Gasteiger partial charge in [-0.3, -0.25) is 0 Å². The van der Waals surface area contributed by atoms with Gasteiger partial charge in [-0.1, -0.05) is 27.7 Å². The van der Waals surface area contributed by atoms with Gasteiger partial charge in [-0.05, 0) is 23.7 Å². The second-order valence-corrected chi connectivity index (χ2v) is 6.02. The van der Waals surface area contributed by atoms with Gasteiger partial charge in [-0.25, -0.2) is 0 Å². The Bertz CT molecular complexity index is 173. The molecule has 0 saturated carbocycles. The number of nitrogens with two attached hydrogens (primary N) is 1. The van der Waals surface area contributed by atoms with Crippen molar-refractivity contribution >= 4 is 0 Å². The zero-order chi connectivity index (χ0) is 10.1. The summed E-state index contributed by atoms with van der Waals surface area (Å²) in [5.74, 6) is 0. The number of nitrogens with one attached hydrogen (secondary N) is 1. The molecule has 0 aliphatic carbocycles. The third-order valence-corrected chi connectivity index (χ3v) is 2.91. The SMILES string of the molecule is CC1(C)CN[C@@H](CN)CC(C)(C)C1. The summed E-state index contributed by atoms with van der Waals surface area (Å²) in [5, 5.41) is 3.55. The highest BCUT2D eigenvalue weighted by Crippen LogP contribution is 2.38. The molecule has 1 rings (SSSR count). The van der Waals surface area contributed by atoms with Gasteiger partial charge in [0.25, 0.3) is 0 Å². The van der Waals surface area contributed by atoms with Crippen molar-refractivity contribution in [1.82, 2.24) is 5.32 Å². The topological polar surface area (TPSA) is 38.0 Å². The van der Waals surface area contributed by atoms with E-state index in [9.17, 15) is 0 Å². The average molecular weight is 184 g/mol. The van der Waals surface area contributed by atoms with Crippen molar-refractivity contribution < 1.29 is 0 Å². The highest BCUT2D eigenvalue weighted by Gasteiger charge is 2.34. The minimum Gasteiger partial charge on any atom is -0.329 e. The van der Waals surface area contributed by atoms with E-state index in [4.69, 9.17) is 5.73 Å². The standard InChI is InChI=1S/C11H24N2/c1-10(2)5-9(6-12)13-8-11(3,4)7-10/h9,13H,5-8,12H2,1-4H3/t9-/m1/s1. The molecular weight excluding hydrogens is 160 g/mol.